The van der Waals surface area contributed by atoms with Gasteiger partial charge in [-0.15, -0.1) is 0 Å². The summed E-state index contributed by atoms with van der Waals surface area (Å²) in [7, 11) is 1.99. The second-order valence-electron chi connectivity index (χ2n) is 5.11. The number of hydrogen-bond donors (Lipinski definition) is 1. The standard InChI is InChI=1S/C16H27NO/c1-5-9-13(2)12-18-14(3)16(17-4)15-10-7-6-8-11-15/h6-8,10-11,13-14,16-17H,5,9,12H2,1-4H3. The van der Waals surface area contributed by atoms with Crippen LogP contribution < -0.4 is 5.32 Å². The highest BCUT2D eigenvalue weighted by atomic mass is 16.5. The van der Waals surface area contributed by atoms with Gasteiger partial charge in [-0.3, -0.25) is 0 Å². The molecule has 0 fully saturated rings. The van der Waals surface area contributed by atoms with Gasteiger partial charge in [-0.25, -0.2) is 0 Å². The smallest absolute Gasteiger partial charge is 0.0741 e. The minimum Gasteiger partial charge on any atom is -0.376 e. The Labute approximate surface area is 112 Å². The number of ether oxygens (including phenoxy) is 1. The molecule has 0 heterocycles. The predicted molar refractivity (Wildman–Crippen MR) is 77.7 cm³/mol. The molecule has 0 amide bonds. The molecule has 0 aromatic heterocycles. The maximum atomic E-state index is 6.00. The highest BCUT2D eigenvalue weighted by Gasteiger charge is 2.18. The average Bonchev–Trinajstić information content (AvgIpc) is 2.39. The van der Waals surface area contributed by atoms with Crippen molar-refractivity contribution in [3.05, 3.63) is 35.9 Å². The van der Waals surface area contributed by atoms with Gasteiger partial charge in [-0.1, -0.05) is 50.6 Å². The fourth-order valence-corrected chi connectivity index (χ4v) is 2.32. The molecule has 18 heavy (non-hydrogen) atoms. The monoisotopic (exact) mass is 249 g/mol. The fraction of sp³-hybridized carbons (Fsp3) is 0.625. The Bertz CT molecular complexity index is 312. The molecular weight excluding hydrogens is 222 g/mol. The van der Waals surface area contributed by atoms with E-state index in [0.717, 1.165) is 6.61 Å². The van der Waals surface area contributed by atoms with Gasteiger partial charge in [0.2, 0.25) is 0 Å². The first kappa shape index (κ1) is 15.2. The molecule has 0 aliphatic carbocycles. The Morgan fingerprint density at radius 2 is 1.83 bits per heavy atom. The largest absolute Gasteiger partial charge is 0.376 e. The number of rotatable bonds is 8. The third-order valence-electron chi connectivity index (χ3n) is 3.36. The Morgan fingerprint density at radius 3 is 2.39 bits per heavy atom. The van der Waals surface area contributed by atoms with Crippen molar-refractivity contribution in [1.29, 1.82) is 0 Å². The van der Waals surface area contributed by atoms with Gasteiger partial charge in [-0.05, 0) is 31.9 Å². The lowest BCUT2D eigenvalue weighted by Gasteiger charge is -2.25. The van der Waals surface area contributed by atoms with E-state index in [4.69, 9.17) is 4.74 Å². The van der Waals surface area contributed by atoms with Crippen LogP contribution in [0.1, 0.15) is 45.2 Å². The normalized spacial score (nSPS) is 16.2. The summed E-state index contributed by atoms with van der Waals surface area (Å²) in [6.07, 6.45) is 2.66. The maximum absolute atomic E-state index is 6.00. The lowest BCUT2D eigenvalue weighted by atomic mass is 10.0. The molecule has 0 saturated heterocycles. The summed E-state index contributed by atoms with van der Waals surface area (Å²) in [5.41, 5.74) is 1.29. The van der Waals surface area contributed by atoms with E-state index in [1.165, 1.54) is 18.4 Å². The molecule has 0 aliphatic rings. The number of benzene rings is 1. The van der Waals surface area contributed by atoms with Gasteiger partial charge in [-0.2, -0.15) is 0 Å². The number of likely N-dealkylation sites (N-methyl/N-ethyl adjacent to an activating group) is 1. The van der Waals surface area contributed by atoms with Crippen LogP contribution in [-0.4, -0.2) is 19.8 Å². The summed E-state index contributed by atoms with van der Waals surface area (Å²) in [6, 6.07) is 10.8. The molecule has 3 unspecified atom stereocenters. The molecule has 3 atom stereocenters. The molecule has 1 aromatic carbocycles. The van der Waals surface area contributed by atoms with Gasteiger partial charge < -0.3 is 10.1 Å². The van der Waals surface area contributed by atoms with Crippen molar-refractivity contribution in [3.63, 3.8) is 0 Å². The Morgan fingerprint density at radius 1 is 1.17 bits per heavy atom. The van der Waals surface area contributed by atoms with Crippen molar-refractivity contribution in [2.75, 3.05) is 13.7 Å². The molecule has 0 bridgehead atoms. The van der Waals surface area contributed by atoms with Crippen LogP contribution in [0.3, 0.4) is 0 Å². The lowest BCUT2D eigenvalue weighted by Crippen LogP contribution is -2.30. The van der Waals surface area contributed by atoms with Crippen LogP contribution in [-0.2, 0) is 4.74 Å². The molecule has 0 spiro atoms. The van der Waals surface area contributed by atoms with Crippen molar-refractivity contribution in [2.45, 2.75) is 45.8 Å². The SMILES string of the molecule is CCCC(C)COC(C)C(NC)c1ccccc1. The number of nitrogens with one attached hydrogen (secondary N) is 1. The molecule has 0 saturated carbocycles. The number of hydrogen-bond acceptors (Lipinski definition) is 2. The van der Waals surface area contributed by atoms with Crippen molar-refractivity contribution in [1.82, 2.24) is 5.32 Å². The zero-order chi connectivity index (χ0) is 13.4. The second-order valence-corrected chi connectivity index (χ2v) is 5.11. The first-order chi connectivity index (χ1) is 8.69. The maximum Gasteiger partial charge on any atom is 0.0741 e. The fourth-order valence-electron chi connectivity index (χ4n) is 2.32. The van der Waals surface area contributed by atoms with Crippen LogP contribution in [0.4, 0.5) is 0 Å². The van der Waals surface area contributed by atoms with Crippen molar-refractivity contribution >= 4 is 0 Å². The topological polar surface area (TPSA) is 21.3 Å². The van der Waals surface area contributed by atoms with Gasteiger partial charge in [0.15, 0.2) is 0 Å². The van der Waals surface area contributed by atoms with Gasteiger partial charge in [0.1, 0.15) is 0 Å². The minimum atomic E-state index is 0.191. The predicted octanol–water partition coefficient (Wildman–Crippen LogP) is 3.79. The van der Waals surface area contributed by atoms with Crippen molar-refractivity contribution in [2.24, 2.45) is 5.92 Å². The highest BCUT2D eigenvalue weighted by Crippen LogP contribution is 2.19. The summed E-state index contributed by atoms with van der Waals surface area (Å²) in [6.45, 7) is 7.47. The van der Waals surface area contributed by atoms with E-state index in [2.05, 4.69) is 50.4 Å². The van der Waals surface area contributed by atoms with Gasteiger partial charge in [0.25, 0.3) is 0 Å². The first-order valence-electron chi connectivity index (χ1n) is 7.02. The summed E-state index contributed by atoms with van der Waals surface area (Å²) in [5, 5.41) is 3.35. The second kappa shape index (κ2) is 8.28. The Balaban J connectivity index is 2.50. The highest BCUT2D eigenvalue weighted by molar-refractivity contribution is 5.19. The van der Waals surface area contributed by atoms with E-state index >= 15 is 0 Å². The Hall–Kier alpha value is -0.860. The van der Waals surface area contributed by atoms with Crippen LogP contribution in [0.5, 0.6) is 0 Å². The quantitative estimate of drug-likeness (QED) is 0.757. The van der Waals surface area contributed by atoms with E-state index in [-0.39, 0.29) is 12.1 Å². The third kappa shape index (κ3) is 4.79. The molecule has 1 rings (SSSR count). The molecule has 2 heteroatoms. The third-order valence-corrected chi connectivity index (χ3v) is 3.36. The molecular formula is C16H27NO. The van der Waals surface area contributed by atoms with Crippen LogP contribution in [0.15, 0.2) is 30.3 Å². The average molecular weight is 249 g/mol. The van der Waals surface area contributed by atoms with E-state index in [1.807, 2.05) is 13.1 Å². The summed E-state index contributed by atoms with van der Waals surface area (Å²) in [4.78, 5) is 0. The van der Waals surface area contributed by atoms with E-state index in [1.54, 1.807) is 0 Å². The van der Waals surface area contributed by atoms with Crippen LogP contribution in [0.25, 0.3) is 0 Å². The molecule has 2 nitrogen and oxygen atoms in total. The summed E-state index contributed by atoms with van der Waals surface area (Å²) in [5.74, 6) is 0.644. The zero-order valence-electron chi connectivity index (χ0n) is 12.1. The zero-order valence-corrected chi connectivity index (χ0v) is 12.1. The van der Waals surface area contributed by atoms with Crippen molar-refractivity contribution in [3.8, 4) is 0 Å². The van der Waals surface area contributed by atoms with E-state index < -0.39 is 0 Å². The van der Waals surface area contributed by atoms with Crippen LogP contribution in [0, 0.1) is 5.92 Å². The van der Waals surface area contributed by atoms with Gasteiger partial charge in [0.05, 0.1) is 12.1 Å². The molecule has 1 aromatic rings. The minimum absolute atomic E-state index is 0.191. The first-order valence-corrected chi connectivity index (χ1v) is 7.02. The van der Waals surface area contributed by atoms with Gasteiger partial charge in [0, 0.05) is 6.61 Å². The van der Waals surface area contributed by atoms with Gasteiger partial charge >= 0.3 is 0 Å². The summed E-state index contributed by atoms with van der Waals surface area (Å²) >= 11 is 0. The summed E-state index contributed by atoms with van der Waals surface area (Å²) < 4.78 is 6.00. The lowest BCUT2D eigenvalue weighted by molar-refractivity contribution is 0.0198. The molecule has 102 valence electrons. The molecule has 0 aliphatic heterocycles. The Kier molecular flexibility index (Phi) is 6.99. The molecule has 0 radical (unpaired) electrons. The van der Waals surface area contributed by atoms with Crippen LogP contribution >= 0.6 is 0 Å². The van der Waals surface area contributed by atoms with E-state index in [9.17, 15) is 0 Å². The van der Waals surface area contributed by atoms with E-state index in [0.29, 0.717) is 5.92 Å². The van der Waals surface area contributed by atoms with Crippen LogP contribution in [0.2, 0.25) is 0 Å². The molecule has 1 N–H and O–H groups in total. The van der Waals surface area contributed by atoms with Crippen molar-refractivity contribution < 1.29 is 4.74 Å².